The maximum absolute atomic E-state index is 6.42. The van der Waals surface area contributed by atoms with Crippen molar-refractivity contribution >= 4 is 49.8 Å². The van der Waals surface area contributed by atoms with Crippen LogP contribution in [0, 0.1) is 0 Å². The number of anilines is 3. The molecule has 0 aliphatic rings. The fourth-order valence-electron chi connectivity index (χ4n) is 8.60. The summed E-state index contributed by atoms with van der Waals surface area (Å²) in [5, 5.41) is 4.56. The zero-order valence-corrected chi connectivity index (χ0v) is 32.9. The van der Waals surface area contributed by atoms with Crippen LogP contribution in [0.15, 0.2) is 241 Å². The number of hydrogen-bond acceptors (Lipinski definition) is 2. The molecule has 0 saturated carbocycles. The van der Waals surface area contributed by atoms with Crippen LogP contribution < -0.4 is 4.90 Å². The molecule has 11 aromatic rings. The second kappa shape index (κ2) is 15.1. The van der Waals surface area contributed by atoms with Crippen LogP contribution in [0.5, 0.6) is 0 Å². The molecule has 0 atom stereocenters. The second-order valence-electron chi connectivity index (χ2n) is 15.3. The van der Waals surface area contributed by atoms with Crippen molar-refractivity contribution in [3.05, 3.63) is 237 Å². The van der Waals surface area contributed by atoms with E-state index in [4.69, 9.17) is 4.42 Å². The molecule has 0 aliphatic heterocycles. The molecule has 1 heterocycles. The molecule has 0 saturated heterocycles. The van der Waals surface area contributed by atoms with Gasteiger partial charge in [-0.15, -0.1) is 0 Å². The molecule has 0 fully saturated rings. The van der Waals surface area contributed by atoms with E-state index in [9.17, 15) is 0 Å². The number of rotatable bonds is 8. The Kier molecular flexibility index (Phi) is 8.87. The smallest absolute Gasteiger partial charge is 0.143 e. The number of hydrogen-bond donors (Lipinski definition) is 0. The highest BCUT2D eigenvalue weighted by atomic mass is 16.3. The summed E-state index contributed by atoms with van der Waals surface area (Å²) in [4.78, 5) is 2.35. The van der Waals surface area contributed by atoms with Crippen molar-refractivity contribution in [2.45, 2.75) is 0 Å². The lowest BCUT2D eigenvalue weighted by Crippen LogP contribution is -2.09. The maximum atomic E-state index is 6.42. The Labute approximate surface area is 349 Å². The van der Waals surface area contributed by atoms with E-state index in [2.05, 4.69) is 235 Å². The fourth-order valence-corrected chi connectivity index (χ4v) is 8.60. The maximum Gasteiger partial charge on any atom is 0.143 e. The lowest BCUT2D eigenvalue weighted by molar-refractivity contribution is 0.672. The highest BCUT2D eigenvalue weighted by Gasteiger charge is 2.17. The normalized spacial score (nSPS) is 11.3. The third-order valence-corrected chi connectivity index (χ3v) is 11.7. The van der Waals surface area contributed by atoms with Crippen LogP contribution in [0.1, 0.15) is 0 Å². The SMILES string of the molecule is c1ccc(-c2ccc(-c3ccc(N(c4ccc(-c5ccc(-c6ccccc6)cc5)cc4)c4ccc(-c5cc6c7ccccc7oc6c6ccccc56)cc4)cc3)cc2)cc1. The second-order valence-corrected chi connectivity index (χ2v) is 15.3. The average molecular weight is 766 g/mol. The number of furan rings is 1. The molecule has 0 bridgehead atoms. The Bertz CT molecular complexity index is 3110. The van der Waals surface area contributed by atoms with Crippen molar-refractivity contribution in [3.63, 3.8) is 0 Å². The predicted octanol–water partition coefficient (Wildman–Crippen LogP) is 16.5. The quantitative estimate of drug-likeness (QED) is 0.153. The summed E-state index contributed by atoms with van der Waals surface area (Å²) in [6, 6.07) is 84.8. The van der Waals surface area contributed by atoms with Gasteiger partial charge in [0.15, 0.2) is 0 Å². The first kappa shape index (κ1) is 35.2. The largest absolute Gasteiger partial charge is 0.455 e. The first-order valence-corrected chi connectivity index (χ1v) is 20.5. The Hall–Kier alpha value is -7.94. The summed E-state index contributed by atoms with van der Waals surface area (Å²) >= 11 is 0. The highest BCUT2D eigenvalue weighted by Crippen LogP contribution is 2.42. The molecule has 0 unspecified atom stereocenters. The molecule has 0 aliphatic carbocycles. The van der Waals surface area contributed by atoms with Gasteiger partial charge in [0.05, 0.1) is 0 Å². The van der Waals surface area contributed by atoms with Crippen LogP contribution in [-0.4, -0.2) is 0 Å². The van der Waals surface area contributed by atoms with Gasteiger partial charge in [-0.25, -0.2) is 0 Å². The summed E-state index contributed by atoms with van der Waals surface area (Å²) in [7, 11) is 0. The van der Waals surface area contributed by atoms with Crippen LogP contribution in [-0.2, 0) is 0 Å². The van der Waals surface area contributed by atoms with Crippen molar-refractivity contribution in [2.24, 2.45) is 0 Å². The Morgan fingerprint density at radius 2 is 0.583 bits per heavy atom. The molecule has 0 radical (unpaired) electrons. The van der Waals surface area contributed by atoms with E-state index < -0.39 is 0 Å². The summed E-state index contributed by atoms with van der Waals surface area (Å²) in [5.41, 5.74) is 17.1. The van der Waals surface area contributed by atoms with Gasteiger partial charge in [0.1, 0.15) is 11.2 Å². The average Bonchev–Trinajstić information content (AvgIpc) is 3.72. The van der Waals surface area contributed by atoms with Crippen molar-refractivity contribution in [1.29, 1.82) is 0 Å². The molecule has 0 amide bonds. The molecule has 1 aromatic heterocycles. The standard InChI is InChI=1S/C58H39NO/c1-3-11-40(12-4-1)42-19-23-44(24-20-42)46-27-33-49(34-28-46)59(50-35-29-47(30-36-50)45-25-21-43(22-26-45)41-13-5-2-6-14-41)51-37-31-48(32-38-51)55-39-56-53-16-9-10-18-57(53)60-58(56)54-17-8-7-15-52(54)55/h1-39H. The topological polar surface area (TPSA) is 16.4 Å². The van der Waals surface area contributed by atoms with E-state index in [0.29, 0.717) is 0 Å². The molecular weight excluding hydrogens is 727 g/mol. The summed E-state index contributed by atoms with van der Waals surface area (Å²) in [5.74, 6) is 0. The van der Waals surface area contributed by atoms with Crippen molar-refractivity contribution in [2.75, 3.05) is 4.90 Å². The van der Waals surface area contributed by atoms with Gasteiger partial charge in [-0.05, 0) is 110 Å². The number of benzene rings is 10. The van der Waals surface area contributed by atoms with E-state index in [1.54, 1.807) is 0 Å². The van der Waals surface area contributed by atoms with E-state index in [-0.39, 0.29) is 0 Å². The molecule has 60 heavy (non-hydrogen) atoms. The molecule has 2 nitrogen and oxygen atoms in total. The van der Waals surface area contributed by atoms with Gasteiger partial charge in [0.2, 0.25) is 0 Å². The van der Waals surface area contributed by atoms with E-state index in [1.807, 2.05) is 6.07 Å². The van der Waals surface area contributed by atoms with Gasteiger partial charge in [0.25, 0.3) is 0 Å². The molecule has 2 heteroatoms. The lowest BCUT2D eigenvalue weighted by Gasteiger charge is -2.26. The zero-order chi connectivity index (χ0) is 39.8. The van der Waals surface area contributed by atoms with Gasteiger partial charge in [-0.1, -0.05) is 188 Å². The third-order valence-electron chi connectivity index (χ3n) is 11.7. The van der Waals surface area contributed by atoms with Crippen molar-refractivity contribution in [1.82, 2.24) is 0 Å². The van der Waals surface area contributed by atoms with Gasteiger partial charge in [0, 0.05) is 33.2 Å². The Morgan fingerprint density at radius 3 is 1.03 bits per heavy atom. The molecular formula is C58H39NO. The van der Waals surface area contributed by atoms with Crippen molar-refractivity contribution < 1.29 is 4.42 Å². The van der Waals surface area contributed by atoms with E-state index in [0.717, 1.165) is 50.0 Å². The fraction of sp³-hybridized carbons (Fsp3) is 0. The Balaban J connectivity index is 0.960. The summed E-state index contributed by atoms with van der Waals surface area (Å²) in [6.45, 7) is 0. The Morgan fingerprint density at radius 1 is 0.250 bits per heavy atom. The summed E-state index contributed by atoms with van der Waals surface area (Å²) in [6.07, 6.45) is 0. The minimum atomic E-state index is 0.909. The van der Waals surface area contributed by atoms with Crippen molar-refractivity contribution in [3.8, 4) is 55.6 Å². The van der Waals surface area contributed by atoms with Crippen LogP contribution in [0.25, 0.3) is 88.3 Å². The van der Waals surface area contributed by atoms with Gasteiger partial charge < -0.3 is 9.32 Å². The molecule has 282 valence electrons. The third kappa shape index (κ3) is 6.51. The molecule has 0 spiro atoms. The van der Waals surface area contributed by atoms with Crippen LogP contribution in [0.3, 0.4) is 0 Å². The number of para-hydroxylation sites is 1. The highest BCUT2D eigenvalue weighted by molar-refractivity contribution is 6.19. The van der Waals surface area contributed by atoms with Crippen LogP contribution >= 0.6 is 0 Å². The monoisotopic (exact) mass is 765 g/mol. The number of nitrogens with zero attached hydrogens (tertiary/aromatic N) is 1. The van der Waals surface area contributed by atoms with Crippen LogP contribution in [0.2, 0.25) is 0 Å². The number of fused-ring (bicyclic) bond motifs is 5. The minimum Gasteiger partial charge on any atom is -0.455 e. The molecule has 0 N–H and O–H groups in total. The van der Waals surface area contributed by atoms with E-state index >= 15 is 0 Å². The predicted molar refractivity (Wildman–Crippen MR) is 253 cm³/mol. The van der Waals surface area contributed by atoms with E-state index in [1.165, 1.54) is 55.5 Å². The summed E-state index contributed by atoms with van der Waals surface area (Å²) < 4.78 is 6.42. The first-order valence-electron chi connectivity index (χ1n) is 20.5. The van der Waals surface area contributed by atoms with Gasteiger partial charge >= 0.3 is 0 Å². The van der Waals surface area contributed by atoms with Crippen LogP contribution in [0.4, 0.5) is 17.1 Å². The molecule has 10 aromatic carbocycles. The van der Waals surface area contributed by atoms with Gasteiger partial charge in [-0.2, -0.15) is 0 Å². The lowest BCUT2D eigenvalue weighted by atomic mass is 9.95. The first-order chi connectivity index (χ1) is 29.7. The minimum absolute atomic E-state index is 0.909. The zero-order valence-electron chi connectivity index (χ0n) is 32.9. The van der Waals surface area contributed by atoms with Gasteiger partial charge in [-0.3, -0.25) is 0 Å². The molecule has 11 rings (SSSR count).